The molecule has 2 N–H and O–H groups in total. The first-order chi connectivity index (χ1) is 17.1. The molecule has 0 aliphatic carbocycles. The van der Waals surface area contributed by atoms with E-state index in [-0.39, 0.29) is 30.8 Å². The van der Waals surface area contributed by atoms with E-state index < -0.39 is 12.2 Å². The molecule has 2 aromatic carbocycles. The van der Waals surface area contributed by atoms with Crippen LogP contribution in [0.15, 0.2) is 30.3 Å². The second-order valence-corrected chi connectivity index (χ2v) is 9.45. The van der Waals surface area contributed by atoms with Gasteiger partial charge in [0.2, 0.25) is 0 Å². The molecule has 0 bridgehead atoms. The van der Waals surface area contributed by atoms with Gasteiger partial charge in [0.15, 0.2) is 17.6 Å². The van der Waals surface area contributed by atoms with Gasteiger partial charge >= 0.3 is 0 Å². The van der Waals surface area contributed by atoms with Crippen LogP contribution in [-0.4, -0.2) is 74.3 Å². The van der Waals surface area contributed by atoms with Crippen LogP contribution in [0.25, 0.3) is 0 Å². The highest BCUT2D eigenvalue weighted by atomic mass is 16.6. The normalized spacial score (nSPS) is 30.1. The Balaban J connectivity index is 1.29. The molecule has 2 saturated heterocycles. The minimum atomic E-state index is -0.815. The molecular formula is C26H30O9. The predicted octanol–water partition coefficient (Wildman–Crippen LogP) is 2.36. The Labute approximate surface area is 203 Å². The summed E-state index contributed by atoms with van der Waals surface area (Å²) < 4.78 is 40.7. The molecule has 0 aromatic heterocycles. The quantitative estimate of drug-likeness (QED) is 0.516. The lowest BCUT2D eigenvalue weighted by Crippen LogP contribution is -2.34. The van der Waals surface area contributed by atoms with E-state index in [2.05, 4.69) is 0 Å². The first-order valence-electron chi connectivity index (χ1n) is 12.1. The zero-order chi connectivity index (χ0) is 23.9. The van der Waals surface area contributed by atoms with Crippen LogP contribution in [0, 0.1) is 0 Å². The predicted molar refractivity (Wildman–Crippen MR) is 123 cm³/mol. The molecule has 4 aliphatic rings. The average molecular weight is 487 g/mol. The molecule has 188 valence electrons. The number of fused-ring (bicyclic) bond motifs is 2. The zero-order valence-corrected chi connectivity index (χ0v) is 19.6. The van der Waals surface area contributed by atoms with Gasteiger partial charge < -0.3 is 43.4 Å². The lowest BCUT2D eigenvalue weighted by atomic mass is 9.85. The van der Waals surface area contributed by atoms with E-state index in [4.69, 9.17) is 33.2 Å². The van der Waals surface area contributed by atoms with Gasteiger partial charge in [0.1, 0.15) is 61.5 Å². The maximum absolute atomic E-state index is 11.3. The molecule has 0 saturated carbocycles. The van der Waals surface area contributed by atoms with Crippen LogP contribution in [0.3, 0.4) is 0 Å². The molecule has 4 aliphatic heterocycles. The number of hydrogen-bond donors (Lipinski definition) is 2. The fourth-order valence-corrected chi connectivity index (χ4v) is 4.53. The third-order valence-corrected chi connectivity index (χ3v) is 6.74. The number of benzene rings is 2. The summed E-state index contributed by atoms with van der Waals surface area (Å²) in [4.78, 5) is 0. The minimum Gasteiger partial charge on any atom is -0.491 e. The van der Waals surface area contributed by atoms with Gasteiger partial charge in [-0.2, -0.15) is 0 Å². The van der Waals surface area contributed by atoms with Gasteiger partial charge in [-0.25, -0.2) is 0 Å². The van der Waals surface area contributed by atoms with Gasteiger partial charge in [0, 0.05) is 36.6 Å². The van der Waals surface area contributed by atoms with Gasteiger partial charge in [0.25, 0.3) is 0 Å². The number of aliphatic hydroxyl groups is 2. The number of hydrogen-bond acceptors (Lipinski definition) is 9. The number of rotatable bonds is 9. The highest BCUT2D eigenvalue weighted by Gasteiger charge is 2.39. The lowest BCUT2D eigenvalue weighted by molar-refractivity contribution is 0.00190. The monoisotopic (exact) mass is 486 g/mol. The third kappa shape index (κ3) is 4.86. The van der Waals surface area contributed by atoms with E-state index in [9.17, 15) is 10.2 Å². The van der Waals surface area contributed by atoms with Crippen LogP contribution in [0.4, 0.5) is 0 Å². The Kier molecular flexibility index (Phi) is 6.09. The summed E-state index contributed by atoms with van der Waals surface area (Å²) in [6.45, 7) is 4.68. The molecule has 9 heteroatoms. The van der Waals surface area contributed by atoms with Crippen LogP contribution in [-0.2, 0) is 9.47 Å². The maximum atomic E-state index is 11.3. The van der Waals surface area contributed by atoms with Crippen molar-refractivity contribution in [2.45, 2.75) is 49.8 Å². The smallest absolute Gasteiger partial charge is 0.162 e. The van der Waals surface area contributed by atoms with E-state index >= 15 is 0 Å². The Morgan fingerprint density at radius 3 is 2.40 bits per heavy atom. The molecule has 2 aromatic rings. The molecule has 35 heavy (non-hydrogen) atoms. The largest absolute Gasteiger partial charge is 0.491 e. The van der Waals surface area contributed by atoms with Gasteiger partial charge in [-0.1, -0.05) is 13.0 Å². The SMILES string of the molecule is CC1c2c(OCC3CO3)cc(OCC3CO3)cc2OC(c2ccc3c(c2)OC(CCO)CO3)C1O. The molecule has 0 radical (unpaired) electrons. The average Bonchev–Trinajstić information content (AvgIpc) is 3.78. The summed E-state index contributed by atoms with van der Waals surface area (Å²) in [5.41, 5.74) is 1.58. The molecule has 4 heterocycles. The van der Waals surface area contributed by atoms with Gasteiger partial charge in [-0.05, 0) is 17.7 Å². The van der Waals surface area contributed by atoms with Crippen molar-refractivity contribution in [2.24, 2.45) is 0 Å². The van der Waals surface area contributed by atoms with Crippen molar-refractivity contribution in [2.75, 3.05) is 39.6 Å². The molecule has 2 fully saturated rings. The lowest BCUT2D eigenvalue weighted by Gasteiger charge is -2.37. The van der Waals surface area contributed by atoms with Gasteiger partial charge in [0.05, 0.1) is 13.2 Å². The minimum absolute atomic E-state index is 0.0242. The number of aliphatic hydroxyl groups excluding tert-OH is 2. The van der Waals surface area contributed by atoms with Crippen molar-refractivity contribution in [3.63, 3.8) is 0 Å². The van der Waals surface area contributed by atoms with Crippen LogP contribution in [0.2, 0.25) is 0 Å². The number of ether oxygens (including phenoxy) is 7. The summed E-state index contributed by atoms with van der Waals surface area (Å²) in [5, 5.41) is 20.5. The van der Waals surface area contributed by atoms with Crippen molar-refractivity contribution in [3.05, 3.63) is 41.5 Å². The topological polar surface area (TPSA) is 112 Å². The first-order valence-corrected chi connectivity index (χ1v) is 12.1. The van der Waals surface area contributed by atoms with E-state index in [1.807, 2.05) is 37.3 Å². The van der Waals surface area contributed by atoms with E-state index in [1.54, 1.807) is 0 Å². The summed E-state index contributed by atoms with van der Waals surface area (Å²) >= 11 is 0. The fourth-order valence-electron chi connectivity index (χ4n) is 4.53. The summed E-state index contributed by atoms with van der Waals surface area (Å²) in [5.74, 6) is 2.83. The van der Waals surface area contributed by atoms with E-state index in [0.717, 1.165) is 11.1 Å². The van der Waals surface area contributed by atoms with Crippen molar-refractivity contribution in [3.8, 4) is 28.7 Å². The fraction of sp³-hybridized carbons (Fsp3) is 0.538. The van der Waals surface area contributed by atoms with E-state index in [0.29, 0.717) is 68.2 Å². The van der Waals surface area contributed by atoms with Gasteiger partial charge in [-0.3, -0.25) is 0 Å². The van der Waals surface area contributed by atoms with Crippen LogP contribution >= 0.6 is 0 Å². The highest BCUT2D eigenvalue weighted by Crippen LogP contribution is 2.49. The Hall–Kier alpha value is -2.72. The molecular weight excluding hydrogens is 456 g/mol. The molecule has 9 nitrogen and oxygen atoms in total. The molecule has 6 atom stereocenters. The second kappa shape index (κ2) is 9.39. The molecule has 0 amide bonds. The van der Waals surface area contributed by atoms with Crippen LogP contribution in [0.5, 0.6) is 28.7 Å². The molecule has 0 spiro atoms. The number of epoxide rings is 2. The standard InChI is InChI=1S/C26H30O9/c1-14-24-22(33-13-19-12-31-19)7-17(29-10-18-11-30-18)8-23(24)35-26(25(14)28)15-2-3-20-21(6-15)34-16(4-5-27)9-32-20/h2-3,6-8,14,16,18-19,25-28H,4-5,9-13H2,1H3. The van der Waals surface area contributed by atoms with Crippen molar-refractivity contribution >= 4 is 0 Å². The van der Waals surface area contributed by atoms with E-state index in [1.165, 1.54) is 0 Å². The second-order valence-electron chi connectivity index (χ2n) is 9.45. The van der Waals surface area contributed by atoms with Crippen LogP contribution < -0.4 is 23.7 Å². The molecule has 6 rings (SSSR count). The van der Waals surface area contributed by atoms with Gasteiger partial charge in [-0.15, -0.1) is 0 Å². The highest BCUT2D eigenvalue weighted by molar-refractivity contribution is 5.55. The Morgan fingerprint density at radius 2 is 1.66 bits per heavy atom. The summed E-state index contributed by atoms with van der Waals surface area (Å²) in [7, 11) is 0. The Morgan fingerprint density at radius 1 is 0.886 bits per heavy atom. The third-order valence-electron chi connectivity index (χ3n) is 6.74. The van der Waals surface area contributed by atoms with Crippen molar-refractivity contribution in [1.82, 2.24) is 0 Å². The summed E-state index contributed by atoms with van der Waals surface area (Å²) in [6, 6.07) is 9.25. The summed E-state index contributed by atoms with van der Waals surface area (Å²) in [6.07, 6.45) is -0.947. The zero-order valence-electron chi connectivity index (χ0n) is 19.6. The maximum Gasteiger partial charge on any atom is 0.162 e. The molecule has 6 unspecified atom stereocenters. The Bertz CT molecular complexity index is 1070. The van der Waals surface area contributed by atoms with Crippen molar-refractivity contribution in [1.29, 1.82) is 0 Å². The van der Waals surface area contributed by atoms with Crippen molar-refractivity contribution < 1.29 is 43.4 Å². The first kappa shape index (κ1) is 22.7. The van der Waals surface area contributed by atoms with Crippen LogP contribution in [0.1, 0.15) is 36.5 Å².